The lowest BCUT2D eigenvalue weighted by Crippen LogP contribution is -2.49. The molecule has 3 N–H and O–H groups in total. The molecule has 1 heterocycles. The topological polar surface area (TPSA) is 63.3 Å². The summed E-state index contributed by atoms with van der Waals surface area (Å²) in [7, 11) is 0. The molecule has 0 saturated carbocycles. The molecule has 1 saturated heterocycles. The molecule has 0 aliphatic carbocycles. The molecule has 3 nitrogen and oxygen atoms in total. The molecule has 2 unspecified atom stereocenters. The fourth-order valence-electron chi connectivity index (χ4n) is 2.45. The second-order valence-corrected chi connectivity index (χ2v) is 6.54. The van der Waals surface area contributed by atoms with Crippen LogP contribution in [0, 0.1) is 10.8 Å². The highest BCUT2D eigenvalue weighted by Crippen LogP contribution is 2.47. The molecule has 88 valence electrons. The number of carboxylic acids is 1. The second-order valence-electron chi connectivity index (χ2n) is 5.56. The number of carbonyl (C=O) groups is 1. The van der Waals surface area contributed by atoms with Crippen LogP contribution in [0.5, 0.6) is 0 Å². The van der Waals surface area contributed by atoms with Crippen LogP contribution >= 0.6 is 11.8 Å². The lowest BCUT2D eigenvalue weighted by molar-refractivity contribution is -0.140. The first-order valence-electron chi connectivity index (χ1n) is 5.33. The molecule has 0 aromatic heterocycles. The van der Waals surface area contributed by atoms with Crippen LogP contribution in [0.3, 0.4) is 0 Å². The van der Waals surface area contributed by atoms with Gasteiger partial charge in [0.25, 0.3) is 0 Å². The van der Waals surface area contributed by atoms with Crippen molar-refractivity contribution in [1.29, 1.82) is 0 Å². The number of hydrogen-bond acceptors (Lipinski definition) is 3. The van der Waals surface area contributed by atoms with Gasteiger partial charge in [-0.3, -0.25) is 4.79 Å². The monoisotopic (exact) mass is 231 g/mol. The standard InChI is InChI=1S/C11H21NO2S/c1-8(12)11(4-9(13)14)5-10(2,3)6-15-7-11/h8H,4-7,12H2,1-3H3,(H,13,14). The maximum absolute atomic E-state index is 10.9. The van der Waals surface area contributed by atoms with Crippen LogP contribution in [0.1, 0.15) is 33.6 Å². The van der Waals surface area contributed by atoms with E-state index in [1.807, 2.05) is 18.7 Å². The van der Waals surface area contributed by atoms with Gasteiger partial charge in [0, 0.05) is 17.2 Å². The van der Waals surface area contributed by atoms with Gasteiger partial charge in [0.1, 0.15) is 0 Å². The third-order valence-electron chi connectivity index (χ3n) is 3.18. The molecular weight excluding hydrogens is 210 g/mol. The second kappa shape index (κ2) is 4.34. The van der Waals surface area contributed by atoms with Gasteiger partial charge in [-0.05, 0) is 24.5 Å². The van der Waals surface area contributed by atoms with Gasteiger partial charge in [0.2, 0.25) is 0 Å². The fraction of sp³-hybridized carbons (Fsp3) is 0.909. The van der Waals surface area contributed by atoms with E-state index in [0.29, 0.717) is 0 Å². The molecule has 1 aliphatic rings. The van der Waals surface area contributed by atoms with Crippen LogP contribution in [-0.2, 0) is 4.79 Å². The third-order valence-corrected chi connectivity index (χ3v) is 4.95. The number of aliphatic carboxylic acids is 1. The van der Waals surface area contributed by atoms with Crippen molar-refractivity contribution in [3.05, 3.63) is 0 Å². The lowest BCUT2D eigenvalue weighted by atomic mass is 9.68. The van der Waals surface area contributed by atoms with E-state index < -0.39 is 5.97 Å². The Balaban J connectivity index is 2.85. The summed E-state index contributed by atoms with van der Waals surface area (Å²) in [6.45, 7) is 6.32. The highest BCUT2D eigenvalue weighted by molar-refractivity contribution is 7.99. The van der Waals surface area contributed by atoms with Crippen LogP contribution < -0.4 is 5.73 Å². The molecule has 0 aromatic carbocycles. The van der Waals surface area contributed by atoms with Gasteiger partial charge in [-0.2, -0.15) is 11.8 Å². The zero-order valence-corrected chi connectivity index (χ0v) is 10.6. The van der Waals surface area contributed by atoms with Gasteiger partial charge in [-0.1, -0.05) is 13.8 Å². The van der Waals surface area contributed by atoms with Crippen LogP contribution in [0.25, 0.3) is 0 Å². The van der Waals surface area contributed by atoms with Gasteiger partial charge in [-0.25, -0.2) is 0 Å². The molecule has 2 atom stereocenters. The summed E-state index contributed by atoms with van der Waals surface area (Å²) in [4.78, 5) is 10.9. The summed E-state index contributed by atoms with van der Waals surface area (Å²) in [6.07, 6.45) is 1.11. The summed E-state index contributed by atoms with van der Waals surface area (Å²) >= 11 is 1.84. The van der Waals surface area contributed by atoms with Crippen molar-refractivity contribution in [2.75, 3.05) is 11.5 Å². The van der Waals surface area contributed by atoms with E-state index in [9.17, 15) is 4.79 Å². The molecule has 4 heteroatoms. The summed E-state index contributed by atoms with van der Waals surface area (Å²) in [5, 5.41) is 8.99. The fourth-order valence-corrected chi connectivity index (χ4v) is 4.08. The van der Waals surface area contributed by atoms with Crippen molar-refractivity contribution in [2.45, 2.75) is 39.7 Å². The summed E-state index contributed by atoms with van der Waals surface area (Å²) in [5.74, 6) is 1.24. The Hall–Kier alpha value is -0.220. The van der Waals surface area contributed by atoms with E-state index in [0.717, 1.165) is 17.9 Å². The molecule has 1 aliphatic heterocycles. The Morgan fingerprint density at radius 1 is 1.53 bits per heavy atom. The predicted octanol–water partition coefficient (Wildman–Crippen LogP) is 1.96. The number of thioether (sulfide) groups is 1. The van der Waals surface area contributed by atoms with E-state index in [1.54, 1.807) is 0 Å². The van der Waals surface area contributed by atoms with Gasteiger partial charge < -0.3 is 10.8 Å². The minimum atomic E-state index is -0.731. The Morgan fingerprint density at radius 2 is 2.13 bits per heavy atom. The largest absolute Gasteiger partial charge is 0.481 e. The van der Waals surface area contributed by atoms with E-state index >= 15 is 0 Å². The first kappa shape index (κ1) is 12.8. The number of rotatable bonds is 3. The first-order valence-corrected chi connectivity index (χ1v) is 6.48. The van der Waals surface area contributed by atoms with Crippen LogP contribution in [-0.4, -0.2) is 28.6 Å². The smallest absolute Gasteiger partial charge is 0.303 e. The summed E-state index contributed by atoms with van der Waals surface area (Å²) in [6, 6.07) is -0.0549. The number of nitrogens with two attached hydrogens (primary N) is 1. The maximum Gasteiger partial charge on any atom is 0.303 e. The predicted molar refractivity (Wildman–Crippen MR) is 64.1 cm³/mol. The van der Waals surface area contributed by atoms with E-state index in [2.05, 4.69) is 13.8 Å². The van der Waals surface area contributed by atoms with E-state index in [1.165, 1.54) is 0 Å². The van der Waals surface area contributed by atoms with Crippen molar-refractivity contribution in [2.24, 2.45) is 16.6 Å². The Morgan fingerprint density at radius 3 is 2.53 bits per heavy atom. The average molecular weight is 231 g/mol. The summed E-state index contributed by atoms with van der Waals surface area (Å²) < 4.78 is 0. The number of hydrogen-bond donors (Lipinski definition) is 2. The van der Waals surface area contributed by atoms with Crippen molar-refractivity contribution >= 4 is 17.7 Å². The van der Waals surface area contributed by atoms with Gasteiger partial charge in [0.15, 0.2) is 0 Å². The van der Waals surface area contributed by atoms with Crippen molar-refractivity contribution in [3.63, 3.8) is 0 Å². The van der Waals surface area contributed by atoms with Gasteiger partial charge >= 0.3 is 5.97 Å². The maximum atomic E-state index is 10.9. The Bertz CT molecular complexity index is 253. The minimum absolute atomic E-state index is 0.0549. The lowest BCUT2D eigenvalue weighted by Gasteiger charge is -2.46. The average Bonchev–Trinajstić information content (AvgIpc) is 1.99. The van der Waals surface area contributed by atoms with Crippen molar-refractivity contribution in [3.8, 4) is 0 Å². The van der Waals surface area contributed by atoms with Crippen LogP contribution in [0.2, 0.25) is 0 Å². The zero-order chi connectivity index (χ0) is 11.7. The Kier molecular flexibility index (Phi) is 3.71. The minimum Gasteiger partial charge on any atom is -0.481 e. The molecule has 1 fully saturated rings. The first-order chi connectivity index (χ1) is 6.77. The summed E-state index contributed by atoms with van der Waals surface area (Å²) in [5.41, 5.74) is 5.97. The normalized spacial score (nSPS) is 32.3. The molecule has 0 amide bonds. The molecule has 0 bridgehead atoms. The van der Waals surface area contributed by atoms with Gasteiger partial charge in [0.05, 0.1) is 6.42 Å². The molecule has 15 heavy (non-hydrogen) atoms. The highest BCUT2D eigenvalue weighted by Gasteiger charge is 2.44. The van der Waals surface area contributed by atoms with Crippen LogP contribution in [0.15, 0.2) is 0 Å². The Labute approximate surface area is 95.8 Å². The van der Waals surface area contributed by atoms with Gasteiger partial charge in [-0.15, -0.1) is 0 Å². The van der Waals surface area contributed by atoms with Crippen molar-refractivity contribution < 1.29 is 9.90 Å². The van der Waals surface area contributed by atoms with E-state index in [-0.39, 0.29) is 23.3 Å². The van der Waals surface area contributed by atoms with Crippen LogP contribution in [0.4, 0.5) is 0 Å². The molecule has 0 aromatic rings. The third kappa shape index (κ3) is 3.11. The SMILES string of the molecule is CC(N)C1(CC(=O)O)CSCC(C)(C)C1. The van der Waals surface area contributed by atoms with E-state index in [4.69, 9.17) is 10.8 Å². The highest BCUT2D eigenvalue weighted by atomic mass is 32.2. The molecule has 0 radical (unpaired) electrons. The zero-order valence-electron chi connectivity index (χ0n) is 9.75. The quantitative estimate of drug-likeness (QED) is 0.779. The number of carboxylic acid groups (broad SMARTS) is 1. The molecular formula is C11H21NO2S. The van der Waals surface area contributed by atoms with Crippen molar-refractivity contribution in [1.82, 2.24) is 0 Å². The molecule has 0 spiro atoms. The molecule has 1 rings (SSSR count).